The van der Waals surface area contributed by atoms with Gasteiger partial charge in [0.05, 0.1) is 46.8 Å². The number of imide groups is 1. The van der Waals surface area contributed by atoms with Gasteiger partial charge in [-0.3, -0.25) is 19.7 Å². The number of benzene rings is 2. The molecule has 0 bridgehead atoms. The number of nitro benzene ring substituents is 1. The van der Waals surface area contributed by atoms with Crippen molar-refractivity contribution >= 4 is 40.9 Å². The van der Waals surface area contributed by atoms with Crippen molar-refractivity contribution < 1.29 is 29.5 Å². The van der Waals surface area contributed by atoms with Crippen molar-refractivity contribution in [2.45, 2.75) is 32.3 Å². The Bertz CT molecular complexity index is 1390. The molecular formula is C28H27ClN2O7. The maximum atomic E-state index is 13.6. The first-order valence-electron chi connectivity index (χ1n) is 12.4. The number of aliphatic hydroxyl groups is 1. The summed E-state index contributed by atoms with van der Waals surface area (Å²) in [5.74, 6) is -2.31. The Morgan fingerprint density at radius 1 is 1.21 bits per heavy atom. The topological polar surface area (TPSA) is 130 Å². The second-order valence-electron chi connectivity index (χ2n) is 10.0. The number of anilines is 1. The summed E-state index contributed by atoms with van der Waals surface area (Å²) >= 11 is 6.23. The molecule has 4 atom stereocenters. The molecule has 2 N–H and O–H groups in total. The van der Waals surface area contributed by atoms with Crippen LogP contribution >= 0.6 is 11.6 Å². The number of non-ortho nitro benzene ring substituents is 1. The van der Waals surface area contributed by atoms with Gasteiger partial charge in [-0.05, 0) is 67.2 Å². The maximum Gasteiger partial charge on any atom is 0.271 e. The fourth-order valence-corrected chi connectivity index (χ4v) is 6.18. The van der Waals surface area contributed by atoms with Crippen molar-refractivity contribution in [3.8, 4) is 5.75 Å². The number of nitro groups is 1. The van der Waals surface area contributed by atoms with Gasteiger partial charge in [0.2, 0.25) is 11.8 Å². The summed E-state index contributed by atoms with van der Waals surface area (Å²) < 4.78 is 6.13. The van der Waals surface area contributed by atoms with E-state index in [4.69, 9.17) is 16.3 Å². The van der Waals surface area contributed by atoms with E-state index in [2.05, 4.69) is 0 Å². The highest BCUT2D eigenvalue weighted by Gasteiger charge is 2.57. The summed E-state index contributed by atoms with van der Waals surface area (Å²) in [5.41, 5.74) is 3.44. The standard InChI is InChI=1S/C28H27ClN2O7/c1-15(9-16-6-7-20(33)12-23(16)29)5-8-24-25-17(13-32)10-21-26(22(25)14-38-24)28(35)30(27(21)34)18-3-2-4-19(11-18)31(36)37/h2-4,6-7,9,11-12,21-22,24,26,32-33H,5,8,10,13-14H2,1H3/b15-9+/t21-,22+,24-,26-/m1/s1. The van der Waals surface area contributed by atoms with Crippen LogP contribution in [0.3, 0.4) is 0 Å². The third kappa shape index (κ3) is 4.62. The first-order chi connectivity index (χ1) is 18.2. The number of carbonyl (C=O) groups excluding carboxylic acids is 2. The number of rotatable bonds is 7. The van der Waals surface area contributed by atoms with Gasteiger partial charge in [-0.1, -0.05) is 29.3 Å². The number of phenolic OH excluding ortho intramolecular Hbond substituents is 1. The van der Waals surface area contributed by atoms with Crippen molar-refractivity contribution in [2.24, 2.45) is 17.8 Å². The lowest BCUT2D eigenvalue weighted by Gasteiger charge is -2.31. The van der Waals surface area contributed by atoms with Gasteiger partial charge in [-0.15, -0.1) is 0 Å². The Morgan fingerprint density at radius 2 is 2.00 bits per heavy atom. The number of fused-ring (bicyclic) bond motifs is 3. The van der Waals surface area contributed by atoms with Gasteiger partial charge in [0.1, 0.15) is 5.75 Å². The van der Waals surface area contributed by atoms with Crippen molar-refractivity contribution in [3.05, 3.63) is 79.9 Å². The van der Waals surface area contributed by atoms with E-state index in [0.717, 1.165) is 27.2 Å². The van der Waals surface area contributed by atoms with Gasteiger partial charge in [0.15, 0.2) is 0 Å². The molecule has 198 valence electrons. The highest BCUT2D eigenvalue weighted by Crippen LogP contribution is 2.50. The highest BCUT2D eigenvalue weighted by atomic mass is 35.5. The molecule has 1 aliphatic carbocycles. The Morgan fingerprint density at radius 3 is 2.71 bits per heavy atom. The summed E-state index contributed by atoms with van der Waals surface area (Å²) in [6.45, 7) is 2.01. The van der Waals surface area contributed by atoms with Gasteiger partial charge >= 0.3 is 0 Å². The third-order valence-corrected chi connectivity index (χ3v) is 8.01. The number of nitrogens with zero attached hydrogens (tertiary/aromatic N) is 2. The molecule has 2 fully saturated rings. The van der Waals surface area contributed by atoms with E-state index in [-0.39, 0.29) is 54.7 Å². The molecule has 3 aliphatic rings. The van der Waals surface area contributed by atoms with Gasteiger partial charge in [-0.2, -0.15) is 0 Å². The Kier molecular flexibility index (Phi) is 7.09. The van der Waals surface area contributed by atoms with Crippen LogP contribution in [0.15, 0.2) is 59.2 Å². The molecular weight excluding hydrogens is 512 g/mol. The zero-order chi connectivity index (χ0) is 27.1. The van der Waals surface area contributed by atoms with E-state index in [1.807, 2.05) is 13.0 Å². The number of halogens is 1. The quantitative estimate of drug-likeness (QED) is 0.227. The molecule has 0 spiro atoms. The van der Waals surface area contributed by atoms with Gasteiger partial charge in [0, 0.05) is 18.1 Å². The van der Waals surface area contributed by atoms with Crippen LogP contribution in [-0.2, 0) is 14.3 Å². The molecule has 0 unspecified atom stereocenters. The number of hydrogen-bond acceptors (Lipinski definition) is 7. The average Bonchev–Trinajstić information content (AvgIpc) is 3.42. The number of carbonyl (C=O) groups is 2. The monoisotopic (exact) mass is 538 g/mol. The number of allylic oxidation sites excluding steroid dienone is 1. The second-order valence-corrected chi connectivity index (χ2v) is 10.4. The van der Waals surface area contributed by atoms with Gasteiger partial charge in [0.25, 0.3) is 5.69 Å². The van der Waals surface area contributed by atoms with Crippen LogP contribution in [0.5, 0.6) is 5.75 Å². The minimum absolute atomic E-state index is 0.0956. The smallest absolute Gasteiger partial charge is 0.271 e. The van der Waals surface area contributed by atoms with Crippen LogP contribution in [-0.4, -0.2) is 46.3 Å². The number of hydrogen-bond donors (Lipinski definition) is 2. The van der Waals surface area contributed by atoms with E-state index >= 15 is 0 Å². The van der Waals surface area contributed by atoms with E-state index in [1.54, 1.807) is 12.1 Å². The summed E-state index contributed by atoms with van der Waals surface area (Å²) in [6, 6.07) is 10.3. The molecule has 0 saturated carbocycles. The van der Waals surface area contributed by atoms with Crippen molar-refractivity contribution in [1.82, 2.24) is 0 Å². The Balaban J connectivity index is 1.36. The summed E-state index contributed by atoms with van der Waals surface area (Å²) in [7, 11) is 0. The average molecular weight is 539 g/mol. The molecule has 38 heavy (non-hydrogen) atoms. The zero-order valence-corrected chi connectivity index (χ0v) is 21.4. The Labute approximate surface area is 224 Å². The molecule has 2 aromatic carbocycles. The minimum Gasteiger partial charge on any atom is -0.508 e. The fraction of sp³-hybridized carbons (Fsp3) is 0.357. The van der Waals surface area contributed by atoms with Crippen LogP contribution in [0.2, 0.25) is 5.02 Å². The summed E-state index contributed by atoms with van der Waals surface area (Å²) in [6.07, 6.45) is 3.21. The van der Waals surface area contributed by atoms with Gasteiger partial charge in [-0.25, -0.2) is 4.90 Å². The number of phenols is 1. The molecule has 5 rings (SSSR count). The zero-order valence-electron chi connectivity index (χ0n) is 20.7. The van der Waals surface area contributed by atoms with E-state index in [9.17, 15) is 29.9 Å². The molecule has 0 radical (unpaired) electrons. The number of aliphatic hydroxyl groups excluding tert-OH is 1. The lowest BCUT2D eigenvalue weighted by molar-refractivity contribution is -0.384. The summed E-state index contributed by atoms with van der Waals surface area (Å²) in [4.78, 5) is 38.6. The SMILES string of the molecule is C/C(=C\c1ccc(O)cc1Cl)CC[C@H]1OC[C@H]2C1=C(CO)C[C@H]1C(=O)N(c3cccc([N+](=O)[O-])c3)C(=O)[C@H]12. The lowest BCUT2D eigenvalue weighted by atomic mass is 9.69. The van der Waals surface area contributed by atoms with E-state index < -0.39 is 22.7 Å². The number of amides is 2. The molecule has 2 amide bonds. The van der Waals surface area contributed by atoms with Crippen molar-refractivity contribution in [2.75, 3.05) is 18.1 Å². The Hall–Kier alpha value is -3.53. The third-order valence-electron chi connectivity index (χ3n) is 7.68. The lowest BCUT2D eigenvalue weighted by Crippen LogP contribution is -2.35. The fourth-order valence-electron chi connectivity index (χ4n) is 5.95. The predicted molar refractivity (Wildman–Crippen MR) is 141 cm³/mol. The van der Waals surface area contributed by atoms with Crippen molar-refractivity contribution in [1.29, 1.82) is 0 Å². The molecule has 0 aromatic heterocycles. The predicted octanol–water partition coefficient (Wildman–Crippen LogP) is 4.65. The molecule has 2 aliphatic heterocycles. The van der Waals surface area contributed by atoms with Crippen molar-refractivity contribution in [3.63, 3.8) is 0 Å². The summed E-state index contributed by atoms with van der Waals surface area (Å²) in [5, 5.41) is 31.4. The van der Waals surface area contributed by atoms with Crippen LogP contribution in [0.1, 0.15) is 31.7 Å². The minimum atomic E-state index is -0.640. The maximum absolute atomic E-state index is 13.6. The van der Waals surface area contributed by atoms with E-state index in [0.29, 0.717) is 17.9 Å². The number of aromatic hydroxyl groups is 1. The van der Waals surface area contributed by atoms with Crippen LogP contribution < -0.4 is 4.90 Å². The molecule has 2 heterocycles. The molecule has 2 saturated heterocycles. The highest BCUT2D eigenvalue weighted by molar-refractivity contribution is 6.32. The van der Waals surface area contributed by atoms with Crippen LogP contribution in [0.25, 0.3) is 6.08 Å². The second kappa shape index (κ2) is 10.3. The van der Waals surface area contributed by atoms with Crippen LogP contribution in [0, 0.1) is 27.9 Å². The molecule has 9 nitrogen and oxygen atoms in total. The van der Waals surface area contributed by atoms with Crippen LogP contribution in [0.4, 0.5) is 11.4 Å². The first-order valence-corrected chi connectivity index (χ1v) is 12.8. The molecule has 2 aromatic rings. The van der Waals surface area contributed by atoms with Gasteiger partial charge < -0.3 is 14.9 Å². The van der Waals surface area contributed by atoms with E-state index in [1.165, 1.54) is 30.3 Å². The largest absolute Gasteiger partial charge is 0.508 e. The first kappa shape index (κ1) is 26.1. The molecule has 10 heteroatoms. The normalized spacial score (nSPS) is 25.1. The number of ether oxygens (including phenoxy) is 1.